The maximum absolute atomic E-state index is 10.8. The van der Waals surface area contributed by atoms with Gasteiger partial charge in [-0.05, 0) is 36.2 Å². The predicted octanol–water partition coefficient (Wildman–Crippen LogP) is 3.27. The Morgan fingerprint density at radius 3 is 2.67 bits per heavy atom. The first-order valence-corrected chi connectivity index (χ1v) is 5.00. The number of carbonyl (C=O) groups is 1. The highest BCUT2D eigenvalue weighted by Crippen LogP contribution is 2.14. The van der Waals surface area contributed by atoms with Gasteiger partial charge in [0.25, 0.3) is 5.24 Å². The fourth-order valence-electron chi connectivity index (χ4n) is 1.05. The zero-order valence-corrected chi connectivity index (χ0v) is 8.95. The van der Waals surface area contributed by atoms with E-state index in [2.05, 4.69) is 15.9 Å². The van der Waals surface area contributed by atoms with E-state index in [1.54, 1.807) is 12.1 Å². The molecule has 0 aliphatic heterocycles. The van der Waals surface area contributed by atoms with Gasteiger partial charge in [-0.15, -0.1) is 0 Å². The SMILES string of the molecule is Cc1cc(CBr)cc(C(=O)Cl)c1. The molecule has 12 heavy (non-hydrogen) atoms. The lowest BCUT2D eigenvalue weighted by molar-refractivity contribution is 0.108. The van der Waals surface area contributed by atoms with E-state index in [9.17, 15) is 4.79 Å². The molecular weight excluding hydrogens is 239 g/mol. The minimum absolute atomic E-state index is 0.402. The zero-order chi connectivity index (χ0) is 9.14. The molecule has 0 unspecified atom stereocenters. The summed E-state index contributed by atoms with van der Waals surface area (Å²) in [5.74, 6) is 0. The highest BCUT2D eigenvalue weighted by atomic mass is 79.9. The van der Waals surface area contributed by atoms with Crippen LogP contribution in [0.2, 0.25) is 0 Å². The Balaban J connectivity index is 3.15. The van der Waals surface area contributed by atoms with Gasteiger partial charge in [-0.3, -0.25) is 4.79 Å². The Morgan fingerprint density at radius 1 is 1.50 bits per heavy atom. The van der Waals surface area contributed by atoms with Gasteiger partial charge in [-0.1, -0.05) is 27.6 Å². The van der Waals surface area contributed by atoms with Crippen LogP contribution < -0.4 is 0 Å². The Kier molecular flexibility index (Phi) is 3.29. The monoisotopic (exact) mass is 246 g/mol. The van der Waals surface area contributed by atoms with Gasteiger partial charge in [-0.2, -0.15) is 0 Å². The normalized spacial score (nSPS) is 9.92. The fraction of sp³-hybridized carbons (Fsp3) is 0.222. The Labute approximate surface area is 84.9 Å². The largest absolute Gasteiger partial charge is 0.276 e. The fourth-order valence-corrected chi connectivity index (χ4v) is 1.49. The summed E-state index contributed by atoms with van der Waals surface area (Å²) < 4.78 is 0. The molecule has 64 valence electrons. The average molecular weight is 248 g/mol. The van der Waals surface area contributed by atoms with E-state index < -0.39 is 5.24 Å². The first kappa shape index (κ1) is 9.75. The van der Waals surface area contributed by atoms with Crippen LogP contribution in [0.15, 0.2) is 18.2 Å². The van der Waals surface area contributed by atoms with E-state index in [0.717, 1.165) is 16.5 Å². The van der Waals surface area contributed by atoms with E-state index in [-0.39, 0.29) is 0 Å². The number of carbonyl (C=O) groups excluding carboxylic acids is 1. The molecule has 0 bridgehead atoms. The predicted molar refractivity (Wildman–Crippen MR) is 54.0 cm³/mol. The molecule has 0 amide bonds. The summed E-state index contributed by atoms with van der Waals surface area (Å²) in [5.41, 5.74) is 2.68. The molecule has 0 saturated carbocycles. The minimum Gasteiger partial charge on any atom is -0.276 e. The minimum atomic E-state index is -0.402. The molecule has 0 radical (unpaired) electrons. The maximum atomic E-state index is 10.8. The second kappa shape index (κ2) is 4.06. The molecule has 0 aliphatic carbocycles. The number of benzene rings is 1. The lowest BCUT2D eigenvalue weighted by Crippen LogP contribution is -1.91. The molecule has 0 fully saturated rings. The molecule has 1 rings (SSSR count). The van der Waals surface area contributed by atoms with Crippen LogP contribution in [0, 0.1) is 6.92 Å². The van der Waals surface area contributed by atoms with Crippen LogP contribution in [0.25, 0.3) is 0 Å². The van der Waals surface area contributed by atoms with Crippen LogP contribution in [0.4, 0.5) is 0 Å². The van der Waals surface area contributed by atoms with Crippen molar-refractivity contribution < 1.29 is 4.79 Å². The Bertz CT molecular complexity index is 309. The van der Waals surface area contributed by atoms with Crippen molar-refractivity contribution in [2.24, 2.45) is 0 Å². The summed E-state index contributed by atoms with van der Waals surface area (Å²) in [4.78, 5) is 10.8. The second-order valence-corrected chi connectivity index (χ2v) is 3.52. The van der Waals surface area contributed by atoms with Gasteiger partial charge in [0, 0.05) is 10.9 Å². The molecule has 0 atom stereocenters. The third-order valence-corrected chi connectivity index (χ3v) is 2.38. The summed E-state index contributed by atoms with van der Waals surface area (Å²) in [6.45, 7) is 1.94. The summed E-state index contributed by atoms with van der Waals surface area (Å²) >= 11 is 8.67. The topological polar surface area (TPSA) is 17.1 Å². The Hall–Kier alpha value is -0.340. The zero-order valence-electron chi connectivity index (χ0n) is 6.60. The van der Waals surface area contributed by atoms with Gasteiger partial charge in [0.05, 0.1) is 0 Å². The molecule has 1 nitrogen and oxygen atoms in total. The van der Waals surface area contributed by atoms with Crippen LogP contribution in [0.1, 0.15) is 21.5 Å². The molecule has 0 heterocycles. The van der Waals surface area contributed by atoms with Gasteiger partial charge in [-0.25, -0.2) is 0 Å². The molecule has 0 spiro atoms. The lowest BCUT2D eigenvalue weighted by Gasteiger charge is -2.00. The molecule has 0 aromatic heterocycles. The molecule has 0 N–H and O–H groups in total. The summed E-state index contributed by atoms with van der Waals surface area (Å²) in [6, 6.07) is 5.58. The number of hydrogen-bond acceptors (Lipinski definition) is 1. The molecule has 0 saturated heterocycles. The molecular formula is C9H8BrClO. The van der Waals surface area contributed by atoms with E-state index in [1.807, 2.05) is 13.0 Å². The van der Waals surface area contributed by atoms with Crippen molar-refractivity contribution >= 4 is 32.8 Å². The van der Waals surface area contributed by atoms with Gasteiger partial charge in [0.1, 0.15) is 0 Å². The van der Waals surface area contributed by atoms with Crippen molar-refractivity contribution in [3.63, 3.8) is 0 Å². The number of rotatable bonds is 2. The third-order valence-electron chi connectivity index (χ3n) is 1.52. The second-order valence-electron chi connectivity index (χ2n) is 2.61. The first-order valence-electron chi connectivity index (χ1n) is 3.50. The van der Waals surface area contributed by atoms with Gasteiger partial charge < -0.3 is 0 Å². The summed E-state index contributed by atoms with van der Waals surface area (Å²) in [5, 5.41) is 0.340. The van der Waals surface area contributed by atoms with Crippen molar-refractivity contribution in [2.45, 2.75) is 12.3 Å². The van der Waals surface area contributed by atoms with E-state index in [1.165, 1.54) is 0 Å². The van der Waals surface area contributed by atoms with Crippen molar-refractivity contribution in [1.29, 1.82) is 0 Å². The molecule has 0 aliphatic rings. The number of aryl methyl sites for hydroxylation is 1. The van der Waals surface area contributed by atoms with E-state index in [4.69, 9.17) is 11.6 Å². The van der Waals surface area contributed by atoms with Gasteiger partial charge in [0.2, 0.25) is 0 Å². The smallest absolute Gasteiger partial charge is 0.252 e. The number of hydrogen-bond donors (Lipinski definition) is 0. The molecule has 1 aromatic carbocycles. The van der Waals surface area contributed by atoms with Crippen molar-refractivity contribution in [2.75, 3.05) is 0 Å². The van der Waals surface area contributed by atoms with E-state index in [0.29, 0.717) is 5.56 Å². The van der Waals surface area contributed by atoms with Crippen molar-refractivity contribution in [3.8, 4) is 0 Å². The van der Waals surface area contributed by atoms with Crippen molar-refractivity contribution in [3.05, 3.63) is 34.9 Å². The van der Waals surface area contributed by atoms with Gasteiger partial charge in [0.15, 0.2) is 0 Å². The Morgan fingerprint density at radius 2 is 2.17 bits per heavy atom. The highest BCUT2D eigenvalue weighted by molar-refractivity contribution is 9.08. The van der Waals surface area contributed by atoms with E-state index >= 15 is 0 Å². The van der Waals surface area contributed by atoms with Gasteiger partial charge >= 0.3 is 0 Å². The van der Waals surface area contributed by atoms with Crippen LogP contribution in [-0.4, -0.2) is 5.24 Å². The highest BCUT2D eigenvalue weighted by Gasteiger charge is 2.03. The quantitative estimate of drug-likeness (QED) is 0.579. The van der Waals surface area contributed by atoms with Crippen LogP contribution >= 0.6 is 27.5 Å². The lowest BCUT2D eigenvalue weighted by atomic mass is 10.1. The maximum Gasteiger partial charge on any atom is 0.252 e. The van der Waals surface area contributed by atoms with Crippen LogP contribution in [0.3, 0.4) is 0 Å². The summed E-state index contributed by atoms with van der Waals surface area (Å²) in [7, 11) is 0. The van der Waals surface area contributed by atoms with Crippen molar-refractivity contribution in [1.82, 2.24) is 0 Å². The molecule has 1 aromatic rings. The first-order chi connectivity index (χ1) is 5.63. The molecule has 3 heteroatoms. The average Bonchev–Trinajstić information content (AvgIpc) is 2.03. The standard InChI is InChI=1S/C9H8BrClO/c1-6-2-7(5-10)4-8(3-6)9(11)12/h2-4H,5H2,1H3. The third kappa shape index (κ3) is 2.32. The number of halogens is 2. The summed E-state index contributed by atoms with van der Waals surface area (Å²) in [6.07, 6.45) is 0. The number of alkyl halides is 1. The van der Waals surface area contributed by atoms with Crippen LogP contribution in [0.5, 0.6) is 0 Å². The van der Waals surface area contributed by atoms with Crippen LogP contribution in [-0.2, 0) is 5.33 Å².